The zero-order valence-corrected chi connectivity index (χ0v) is 13.7. The van der Waals surface area contributed by atoms with Gasteiger partial charge in [-0.2, -0.15) is 10.5 Å². The Morgan fingerprint density at radius 1 is 1.21 bits per heavy atom. The minimum Gasteiger partial charge on any atom is -0.474 e. The van der Waals surface area contributed by atoms with Gasteiger partial charge in [-0.1, -0.05) is 12.1 Å². The Labute approximate surface area is 140 Å². The molecule has 0 saturated carbocycles. The molecule has 124 valence electrons. The van der Waals surface area contributed by atoms with Crippen molar-refractivity contribution in [3.05, 3.63) is 29.8 Å². The molecule has 1 unspecified atom stereocenters. The first-order valence-electron chi connectivity index (χ1n) is 7.62. The van der Waals surface area contributed by atoms with Crippen molar-refractivity contribution in [2.75, 3.05) is 7.11 Å². The van der Waals surface area contributed by atoms with Crippen molar-refractivity contribution < 1.29 is 19.1 Å². The van der Waals surface area contributed by atoms with Crippen LogP contribution in [0.1, 0.15) is 43.0 Å². The summed E-state index contributed by atoms with van der Waals surface area (Å²) in [5, 5.41) is 18.0. The van der Waals surface area contributed by atoms with E-state index in [1.54, 1.807) is 24.3 Å². The monoisotopic (exact) mass is 326 g/mol. The predicted molar refractivity (Wildman–Crippen MR) is 83.9 cm³/mol. The molecule has 0 bridgehead atoms. The second-order valence-electron chi connectivity index (χ2n) is 5.85. The molecule has 1 heterocycles. The summed E-state index contributed by atoms with van der Waals surface area (Å²) in [4.78, 5) is 25.8. The lowest BCUT2D eigenvalue weighted by Gasteiger charge is -2.48. The average molecular weight is 326 g/mol. The highest BCUT2D eigenvalue weighted by atomic mass is 16.6. The molecule has 0 amide bonds. The van der Waals surface area contributed by atoms with Crippen LogP contribution in [0.25, 0.3) is 0 Å². The number of Topliss-reactive ketones (excluding diaryl/α,β-unsaturated/α-hetero) is 1. The number of para-hydroxylation sites is 1. The number of fused-ring (bicyclic) bond motifs is 1. The highest BCUT2D eigenvalue weighted by Crippen LogP contribution is 2.51. The fourth-order valence-electron chi connectivity index (χ4n) is 3.33. The molecule has 1 aliphatic rings. The number of carbonyl (C=O) groups is 2. The lowest BCUT2D eigenvalue weighted by Crippen LogP contribution is -2.62. The molecule has 1 aromatic carbocycles. The molecule has 0 N–H and O–H groups in total. The minimum absolute atomic E-state index is 0.0648. The lowest BCUT2D eigenvalue weighted by molar-refractivity contribution is -0.170. The summed E-state index contributed by atoms with van der Waals surface area (Å²) in [6.45, 7) is 1.50. The molecule has 0 aromatic heterocycles. The molecule has 0 spiro atoms. The Bertz CT molecular complexity index is 726. The molecule has 0 radical (unpaired) electrons. The van der Waals surface area contributed by atoms with Crippen LogP contribution in [-0.4, -0.2) is 24.5 Å². The van der Waals surface area contributed by atoms with Crippen LogP contribution in [-0.2, 0) is 9.53 Å². The van der Waals surface area contributed by atoms with Crippen molar-refractivity contribution in [3.63, 3.8) is 0 Å². The second-order valence-corrected chi connectivity index (χ2v) is 5.85. The second kappa shape index (κ2) is 6.72. The van der Waals surface area contributed by atoms with Crippen molar-refractivity contribution in [1.29, 1.82) is 10.5 Å². The van der Waals surface area contributed by atoms with E-state index in [4.69, 9.17) is 20.0 Å². The normalized spacial score (nSPS) is 20.9. The van der Waals surface area contributed by atoms with E-state index in [2.05, 4.69) is 0 Å². The van der Waals surface area contributed by atoms with E-state index < -0.39 is 17.0 Å². The number of esters is 1. The summed E-state index contributed by atoms with van der Waals surface area (Å²) in [5.74, 6) is -0.677. The maximum atomic E-state index is 13.3. The largest absolute Gasteiger partial charge is 0.474 e. The van der Waals surface area contributed by atoms with Crippen LogP contribution >= 0.6 is 0 Å². The SMILES string of the molecule is COC(=O)C1(C)Oc2ccccc2C(=O)C1(CCC#N)CCC#N. The summed E-state index contributed by atoms with van der Waals surface area (Å²) >= 11 is 0. The summed E-state index contributed by atoms with van der Waals surface area (Å²) < 4.78 is 10.8. The molecule has 6 heteroatoms. The minimum atomic E-state index is -1.60. The number of nitrogens with zero attached hydrogens (tertiary/aromatic N) is 2. The van der Waals surface area contributed by atoms with Gasteiger partial charge in [0.15, 0.2) is 5.78 Å². The molecule has 1 atom stereocenters. The summed E-state index contributed by atoms with van der Waals surface area (Å²) in [5.41, 5.74) is -2.56. The van der Waals surface area contributed by atoms with Gasteiger partial charge in [0, 0.05) is 12.8 Å². The van der Waals surface area contributed by atoms with E-state index in [1.807, 2.05) is 12.1 Å². The van der Waals surface area contributed by atoms with Gasteiger partial charge in [0.05, 0.1) is 30.2 Å². The summed E-state index contributed by atoms with van der Waals surface area (Å²) in [6, 6.07) is 10.7. The topological polar surface area (TPSA) is 100 Å². The van der Waals surface area contributed by atoms with E-state index in [0.717, 1.165) is 0 Å². The summed E-state index contributed by atoms with van der Waals surface area (Å²) in [7, 11) is 1.22. The van der Waals surface area contributed by atoms with Gasteiger partial charge >= 0.3 is 5.97 Å². The molecule has 1 aromatic rings. The van der Waals surface area contributed by atoms with Gasteiger partial charge in [0.2, 0.25) is 5.60 Å². The lowest BCUT2D eigenvalue weighted by atomic mass is 9.61. The zero-order valence-electron chi connectivity index (χ0n) is 13.7. The Morgan fingerprint density at radius 3 is 2.33 bits per heavy atom. The van der Waals surface area contributed by atoms with Crippen LogP contribution in [0, 0.1) is 28.1 Å². The van der Waals surface area contributed by atoms with Crippen LogP contribution in [0.4, 0.5) is 0 Å². The van der Waals surface area contributed by atoms with Gasteiger partial charge in [0.1, 0.15) is 5.75 Å². The number of hydrogen-bond donors (Lipinski definition) is 0. The number of ketones is 1. The van der Waals surface area contributed by atoms with E-state index in [-0.39, 0.29) is 31.5 Å². The third-order valence-electron chi connectivity index (χ3n) is 4.70. The van der Waals surface area contributed by atoms with E-state index in [0.29, 0.717) is 11.3 Å². The van der Waals surface area contributed by atoms with Gasteiger partial charge in [0.25, 0.3) is 0 Å². The van der Waals surface area contributed by atoms with Crippen molar-refractivity contribution in [2.24, 2.45) is 5.41 Å². The number of benzene rings is 1. The van der Waals surface area contributed by atoms with Gasteiger partial charge in [-0.25, -0.2) is 4.79 Å². The number of hydrogen-bond acceptors (Lipinski definition) is 6. The van der Waals surface area contributed by atoms with Crippen molar-refractivity contribution in [2.45, 2.75) is 38.2 Å². The number of carbonyl (C=O) groups excluding carboxylic acids is 2. The third kappa shape index (κ3) is 2.51. The smallest absolute Gasteiger partial charge is 0.351 e. The molecule has 2 rings (SSSR count). The zero-order chi connectivity index (χ0) is 17.8. The molecule has 0 aliphatic carbocycles. The first kappa shape index (κ1) is 17.5. The van der Waals surface area contributed by atoms with E-state index >= 15 is 0 Å². The van der Waals surface area contributed by atoms with Gasteiger partial charge in [-0.3, -0.25) is 4.79 Å². The van der Waals surface area contributed by atoms with Gasteiger partial charge in [-0.05, 0) is 31.9 Å². The standard InChI is InChI=1S/C18H18N2O4/c1-17(16(22)23-2)18(9-5-11-19,10-6-12-20)15(21)13-7-3-4-8-14(13)24-17/h3-4,7-8H,5-6,9-10H2,1-2H3. The van der Waals surface area contributed by atoms with Crippen LogP contribution in [0.3, 0.4) is 0 Å². The Morgan fingerprint density at radius 2 is 1.79 bits per heavy atom. The van der Waals surface area contributed by atoms with E-state index in [9.17, 15) is 9.59 Å². The Kier molecular flexibility index (Phi) is 4.90. The third-order valence-corrected chi connectivity index (χ3v) is 4.70. The maximum absolute atomic E-state index is 13.3. The fraction of sp³-hybridized carbons (Fsp3) is 0.444. The Hall–Kier alpha value is -2.86. The van der Waals surface area contributed by atoms with Crippen LogP contribution in [0.2, 0.25) is 0 Å². The first-order valence-corrected chi connectivity index (χ1v) is 7.62. The quantitative estimate of drug-likeness (QED) is 0.771. The Balaban J connectivity index is 2.68. The molecule has 0 saturated heterocycles. The predicted octanol–water partition coefficient (Wildman–Crippen LogP) is 2.79. The van der Waals surface area contributed by atoms with E-state index in [1.165, 1.54) is 14.0 Å². The highest BCUT2D eigenvalue weighted by molar-refractivity contribution is 6.08. The van der Waals surface area contributed by atoms with Gasteiger partial charge in [-0.15, -0.1) is 0 Å². The molecule has 6 nitrogen and oxygen atoms in total. The maximum Gasteiger partial charge on any atom is 0.351 e. The molecular weight excluding hydrogens is 308 g/mol. The summed E-state index contributed by atoms with van der Waals surface area (Å²) in [6.07, 6.45) is 0.360. The first-order chi connectivity index (χ1) is 11.5. The molecular formula is C18H18N2O4. The van der Waals surface area contributed by atoms with Gasteiger partial charge < -0.3 is 9.47 Å². The molecule has 0 fully saturated rings. The van der Waals surface area contributed by atoms with Crippen molar-refractivity contribution >= 4 is 11.8 Å². The highest BCUT2D eigenvalue weighted by Gasteiger charge is 2.63. The fourth-order valence-corrected chi connectivity index (χ4v) is 3.33. The molecule has 1 aliphatic heterocycles. The number of ether oxygens (including phenoxy) is 2. The van der Waals surface area contributed by atoms with Crippen molar-refractivity contribution in [1.82, 2.24) is 0 Å². The van der Waals surface area contributed by atoms with Crippen LogP contribution in [0.5, 0.6) is 5.75 Å². The number of methoxy groups -OCH3 is 1. The van der Waals surface area contributed by atoms with Crippen LogP contribution in [0.15, 0.2) is 24.3 Å². The number of nitriles is 2. The molecule has 24 heavy (non-hydrogen) atoms. The van der Waals surface area contributed by atoms with Crippen LogP contribution < -0.4 is 4.74 Å². The number of rotatable bonds is 5. The average Bonchev–Trinajstić information content (AvgIpc) is 2.60. The van der Waals surface area contributed by atoms with Crippen molar-refractivity contribution in [3.8, 4) is 17.9 Å².